The minimum Gasteiger partial charge on any atom is -0.344 e. The van der Waals surface area contributed by atoms with Gasteiger partial charge in [0.1, 0.15) is 0 Å². The number of piperazine rings is 1. The Morgan fingerprint density at radius 3 is 2.36 bits per heavy atom. The molecule has 0 unspecified atom stereocenters. The van der Waals surface area contributed by atoms with Gasteiger partial charge in [-0.2, -0.15) is 0 Å². The standard InChI is InChI=1S/C28H36N4O3S/c1-20-19-30(2)15-16-32(20)28(33)22-9-12-24(13-10-22)29-36(34,35)25-14-11-23-17-26(31(3)27(23)18-25)21-7-5-4-6-8-21/h4-8,11,14,17-18,20,22,24,29H,9-10,12-13,15-16,19H2,1-3H3/t20-,22-,24-/m0/s1. The Morgan fingerprint density at radius 1 is 0.944 bits per heavy atom. The van der Waals surface area contributed by atoms with Gasteiger partial charge in [-0.05, 0) is 63.4 Å². The first-order valence-corrected chi connectivity index (χ1v) is 14.4. The molecule has 1 saturated heterocycles. The predicted octanol–water partition coefficient (Wildman–Crippen LogP) is 3.84. The van der Waals surface area contributed by atoms with Crippen molar-refractivity contribution >= 4 is 26.8 Å². The summed E-state index contributed by atoms with van der Waals surface area (Å²) in [6.07, 6.45) is 2.81. The average molecular weight is 509 g/mol. The third-order valence-corrected chi connectivity index (χ3v) is 9.43. The van der Waals surface area contributed by atoms with Crippen molar-refractivity contribution in [2.45, 2.75) is 49.6 Å². The maximum absolute atomic E-state index is 13.3. The van der Waals surface area contributed by atoms with Crippen molar-refractivity contribution in [3.8, 4) is 11.3 Å². The second-order valence-electron chi connectivity index (χ2n) is 10.5. The van der Waals surface area contributed by atoms with E-state index in [2.05, 4.69) is 41.8 Å². The lowest BCUT2D eigenvalue weighted by atomic mass is 9.85. The van der Waals surface area contributed by atoms with Crippen LogP contribution in [0.25, 0.3) is 22.2 Å². The Morgan fingerprint density at radius 2 is 1.67 bits per heavy atom. The van der Waals surface area contributed by atoms with Crippen molar-refractivity contribution in [2.24, 2.45) is 13.0 Å². The van der Waals surface area contributed by atoms with Gasteiger partial charge in [0.05, 0.1) is 4.90 Å². The highest BCUT2D eigenvalue weighted by Crippen LogP contribution is 2.31. The highest BCUT2D eigenvalue weighted by atomic mass is 32.2. The molecule has 1 atom stereocenters. The topological polar surface area (TPSA) is 74.7 Å². The molecule has 1 aliphatic carbocycles. The summed E-state index contributed by atoms with van der Waals surface area (Å²) < 4.78 is 31.5. The van der Waals surface area contributed by atoms with Crippen LogP contribution in [-0.4, -0.2) is 67.5 Å². The molecule has 1 saturated carbocycles. The Kier molecular flexibility index (Phi) is 6.94. The monoisotopic (exact) mass is 508 g/mol. The zero-order chi connectivity index (χ0) is 25.4. The van der Waals surface area contributed by atoms with Gasteiger partial charge in [-0.25, -0.2) is 13.1 Å². The van der Waals surface area contributed by atoms with Gasteiger partial charge in [-0.1, -0.05) is 36.4 Å². The average Bonchev–Trinajstić information content (AvgIpc) is 3.20. The number of benzene rings is 2. The van der Waals surface area contributed by atoms with Crippen LogP contribution in [0, 0.1) is 5.92 Å². The normalized spacial score (nSPS) is 23.8. The molecular formula is C28H36N4O3S. The van der Waals surface area contributed by atoms with E-state index in [0.29, 0.717) is 12.8 Å². The number of nitrogens with zero attached hydrogens (tertiary/aromatic N) is 3. The van der Waals surface area contributed by atoms with Crippen molar-refractivity contribution in [1.82, 2.24) is 19.1 Å². The van der Waals surface area contributed by atoms with Gasteiger partial charge in [-0.15, -0.1) is 0 Å². The number of hydrogen-bond donors (Lipinski definition) is 1. The van der Waals surface area contributed by atoms with E-state index in [1.165, 1.54) is 0 Å². The van der Waals surface area contributed by atoms with E-state index >= 15 is 0 Å². The Balaban J connectivity index is 1.25. The molecule has 8 heteroatoms. The number of likely N-dealkylation sites (N-methyl/N-ethyl adjacent to an activating group) is 1. The van der Waals surface area contributed by atoms with Gasteiger partial charge in [0, 0.05) is 61.3 Å². The number of aromatic nitrogens is 1. The van der Waals surface area contributed by atoms with E-state index in [4.69, 9.17) is 0 Å². The summed E-state index contributed by atoms with van der Waals surface area (Å²) in [6.45, 7) is 4.69. The fourth-order valence-electron chi connectivity index (χ4n) is 5.81. The van der Waals surface area contributed by atoms with E-state index in [0.717, 1.165) is 54.6 Å². The molecule has 0 radical (unpaired) electrons. The Labute approximate surface area is 214 Å². The van der Waals surface area contributed by atoms with E-state index in [-0.39, 0.29) is 28.8 Å². The second-order valence-corrected chi connectivity index (χ2v) is 12.2. The zero-order valence-corrected chi connectivity index (χ0v) is 22.2. The summed E-state index contributed by atoms with van der Waals surface area (Å²) in [5, 5.41) is 1.01. The molecule has 0 bridgehead atoms. The van der Waals surface area contributed by atoms with Gasteiger partial charge in [0.2, 0.25) is 15.9 Å². The van der Waals surface area contributed by atoms with Crippen LogP contribution < -0.4 is 4.72 Å². The van der Waals surface area contributed by atoms with Crippen LogP contribution in [0.1, 0.15) is 32.6 Å². The lowest BCUT2D eigenvalue weighted by Gasteiger charge is -2.41. The fraction of sp³-hybridized carbons (Fsp3) is 0.464. The minimum atomic E-state index is -3.66. The molecule has 2 heterocycles. The van der Waals surface area contributed by atoms with Crippen molar-refractivity contribution in [2.75, 3.05) is 26.7 Å². The predicted molar refractivity (Wildman–Crippen MR) is 143 cm³/mol. The van der Waals surface area contributed by atoms with Crippen LogP contribution in [0.2, 0.25) is 0 Å². The first kappa shape index (κ1) is 25.0. The fourth-order valence-corrected chi connectivity index (χ4v) is 7.13. The highest BCUT2D eigenvalue weighted by Gasteiger charge is 2.34. The number of hydrogen-bond acceptors (Lipinski definition) is 4. The summed E-state index contributed by atoms with van der Waals surface area (Å²) in [4.78, 5) is 17.7. The van der Waals surface area contributed by atoms with Crippen LogP contribution in [0.5, 0.6) is 0 Å². The molecule has 3 aromatic rings. The molecule has 1 amide bonds. The van der Waals surface area contributed by atoms with Crippen molar-refractivity contribution in [3.63, 3.8) is 0 Å². The number of fused-ring (bicyclic) bond motifs is 1. The molecule has 1 aromatic heterocycles. The highest BCUT2D eigenvalue weighted by molar-refractivity contribution is 7.89. The molecule has 36 heavy (non-hydrogen) atoms. The molecule has 2 aromatic carbocycles. The summed E-state index contributed by atoms with van der Waals surface area (Å²) in [5.74, 6) is 0.230. The summed E-state index contributed by atoms with van der Waals surface area (Å²) >= 11 is 0. The summed E-state index contributed by atoms with van der Waals surface area (Å²) in [5.41, 5.74) is 3.02. The van der Waals surface area contributed by atoms with Gasteiger partial charge in [0.15, 0.2) is 0 Å². The number of nitrogens with one attached hydrogen (secondary N) is 1. The number of rotatable bonds is 5. The van der Waals surface area contributed by atoms with E-state index < -0.39 is 10.0 Å². The molecule has 1 aliphatic heterocycles. The molecule has 1 N–H and O–H groups in total. The largest absolute Gasteiger partial charge is 0.344 e. The summed E-state index contributed by atoms with van der Waals surface area (Å²) in [6, 6.07) is 17.6. The SMILES string of the molecule is C[C@H]1CN(C)CCN1C(=O)[C@H]1CC[C@H](NS(=O)(=O)c2ccc3cc(-c4ccccc4)n(C)c3c2)CC1. The van der Waals surface area contributed by atoms with Crippen LogP contribution >= 0.6 is 0 Å². The first-order chi connectivity index (χ1) is 17.2. The number of aryl methyl sites for hydroxylation is 1. The Bertz CT molecular complexity index is 1340. The third kappa shape index (κ3) is 4.94. The van der Waals surface area contributed by atoms with Crippen molar-refractivity contribution in [1.29, 1.82) is 0 Å². The first-order valence-electron chi connectivity index (χ1n) is 12.9. The van der Waals surface area contributed by atoms with Crippen LogP contribution in [-0.2, 0) is 21.9 Å². The lowest BCUT2D eigenvalue weighted by molar-refractivity contribution is -0.141. The van der Waals surface area contributed by atoms with E-state index in [9.17, 15) is 13.2 Å². The number of amides is 1. The second kappa shape index (κ2) is 10.00. The molecule has 192 valence electrons. The molecule has 0 spiro atoms. The smallest absolute Gasteiger partial charge is 0.240 e. The van der Waals surface area contributed by atoms with Gasteiger partial charge in [-0.3, -0.25) is 4.79 Å². The minimum absolute atomic E-state index is 0.00673. The van der Waals surface area contributed by atoms with Gasteiger partial charge >= 0.3 is 0 Å². The van der Waals surface area contributed by atoms with Crippen molar-refractivity contribution < 1.29 is 13.2 Å². The van der Waals surface area contributed by atoms with E-state index in [1.807, 2.05) is 40.8 Å². The third-order valence-electron chi connectivity index (χ3n) is 7.91. The maximum atomic E-state index is 13.3. The molecular weight excluding hydrogens is 472 g/mol. The number of carbonyl (C=O) groups excluding carboxylic acids is 1. The number of sulfonamides is 1. The number of carbonyl (C=O) groups is 1. The molecule has 7 nitrogen and oxygen atoms in total. The Hall–Kier alpha value is -2.68. The van der Waals surface area contributed by atoms with Crippen LogP contribution in [0.3, 0.4) is 0 Å². The van der Waals surface area contributed by atoms with Crippen molar-refractivity contribution in [3.05, 3.63) is 54.6 Å². The molecule has 2 fully saturated rings. The van der Waals surface area contributed by atoms with Crippen LogP contribution in [0.4, 0.5) is 0 Å². The zero-order valence-electron chi connectivity index (χ0n) is 21.4. The quantitative estimate of drug-likeness (QED) is 0.568. The van der Waals surface area contributed by atoms with Crippen LogP contribution in [0.15, 0.2) is 59.5 Å². The van der Waals surface area contributed by atoms with E-state index in [1.54, 1.807) is 12.1 Å². The maximum Gasteiger partial charge on any atom is 0.240 e. The molecule has 2 aliphatic rings. The van der Waals surface area contributed by atoms with Gasteiger partial charge < -0.3 is 14.4 Å². The lowest BCUT2D eigenvalue weighted by Crippen LogP contribution is -2.54. The summed E-state index contributed by atoms with van der Waals surface area (Å²) in [7, 11) is 0.396. The van der Waals surface area contributed by atoms with Gasteiger partial charge in [0.25, 0.3) is 0 Å². The molecule has 5 rings (SSSR count).